The summed E-state index contributed by atoms with van der Waals surface area (Å²) in [6.45, 7) is 16.0. The highest BCUT2D eigenvalue weighted by Gasteiger charge is 2.53. The average molecular weight is 972 g/mol. The predicted octanol–water partition coefficient (Wildman–Crippen LogP) is 6.59. The van der Waals surface area contributed by atoms with Crippen molar-refractivity contribution in [2.24, 2.45) is 35.5 Å². The van der Waals surface area contributed by atoms with Crippen LogP contribution in [0.25, 0.3) is 0 Å². The molecule has 0 aromatic carbocycles. The first-order valence-electron chi connectivity index (χ1n) is 25.6. The summed E-state index contributed by atoms with van der Waals surface area (Å²) < 4.78 is 35.4. The Hall–Kier alpha value is -3.41. The number of carbonyl (C=O) groups excluding carboxylic acids is 5. The summed E-state index contributed by atoms with van der Waals surface area (Å²) in [5, 5.41) is 34.5. The smallest absolute Gasteiger partial charge is 0.329 e. The van der Waals surface area contributed by atoms with Gasteiger partial charge in [-0.15, -0.1) is 0 Å². The Labute approximate surface area is 411 Å². The molecular formula is C54H85NO14. The van der Waals surface area contributed by atoms with Gasteiger partial charge in [0.2, 0.25) is 5.79 Å². The first-order chi connectivity index (χ1) is 32.7. The van der Waals surface area contributed by atoms with Gasteiger partial charge in [-0.05, 0) is 114 Å². The highest BCUT2D eigenvalue weighted by atomic mass is 16.6. The number of ether oxygens (including phenoxy) is 6. The number of aliphatic hydroxyl groups is 3. The molecule has 4 rings (SSSR count). The van der Waals surface area contributed by atoms with E-state index >= 15 is 0 Å². The van der Waals surface area contributed by atoms with Crippen LogP contribution < -0.4 is 0 Å². The van der Waals surface area contributed by atoms with E-state index in [1.807, 2.05) is 39.0 Å². The highest BCUT2D eigenvalue weighted by Crippen LogP contribution is 2.38. The third kappa shape index (κ3) is 16.3. The topological polar surface area (TPSA) is 205 Å². The Kier molecular flexibility index (Phi) is 23.6. The molecule has 15 heteroatoms. The van der Waals surface area contributed by atoms with Crippen LogP contribution in [0.1, 0.15) is 132 Å². The van der Waals surface area contributed by atoms with Gasteiger partial charge in [0, 0.05) is 58.0 Å². The normalized spacial score (nSPS) is 38.8. The molecule has 2 saturated heterocycles. The van der Waals surface area contributed by atoms with E-state index in [1.165, 1.54) is 12.0 Å². The molecule has 0 aromatic heterocycles. The SMILES string of the molecule is CCOCCO[C@@H]1CC[C@@H](C[C@@H](C)[C@@H]2CC(=O)[C@H](C)/C=C(\C)[C@@H](O)[C@@H](OC)C(=O)[C@H](C)C[C@H](C)/C=C/C=C/C=C(\C)[C@@H](O)C[C@@H]3CC[C@@H](C)[C@@](O)(O3)C(=O)C(=O)N3CCCC[C@H]3C(=O)O2)C[C@H]1OC. The van der Waals surface area contributed by atoms with Crippen LogP contribution in [0.15, 0.2) is 47.6 Å². The van der Waals surface area contributed by atoms with Crippen LogP contribution in [-0.2, 0) is 52.4 Å². The average Bonchev–Trinajstić information content (AvgIpc) is 3.32. The van der Waals surface area contributed by atoms with Crippen LogP contribution in [0.4, 0.5) is 0 Å². The lowest BCUT2D eigenvalue weighted by Crippen LogP contribution is -2.61. The van der Waals surface area contributed by atoms with E-state index < -0.39 is 77.8 Å². The van der Waals surface area contributed by atoms with Gasteiger partial charge in [0.25, 0.3) is 11.7 Å². The number of nitrogens with zero attached hydrogens (tertiary/aromatic N) is 1. The number of carbonyl (C=O) groups is 5. The first-order valence-corrected chi connectivity index (χ1v) is 25.6. The summed E-state index contributed by atoms with van der Waals surface area (Å²) >= 11 is 0. The number of hydrogen-bond donors (Lipinski definition) is 3. The molecule has 390 valence electrons. The molecule has 15 atom stereocenters. The monoisotopic (exact) mass is 972 g/mol. The second kappa shape index (κ2) is 28.0. The second-order valence-corrected chi connectivity index (χ2v) is 20.4. The number of ketones is 3. The summed E-state index contributed by atoms with van der Waals surface area (Å²) in [4.78, 5) is 72.0. The van der Waals surface area contributed by atoms with Gasteiger partial charge in [-0.1, -0.05) is 71.1 Å². The molecule has 3 heterocycles. The predicted molar refractivity (Wildman–Crippen MR) is 261 cm³/mol. The molecule has 0 unspecified atom stereocenters. The molecule has 15 nitrogen and oxygen atoms in total. The zero-order valence-electron chi connectivity index (χ0n) is 43.1. The number of amides is 1. The Morgan fingerprint density at radius 2 is 1.59 bits per heavy atom. The molecule has 1 aliphatic carbocycles. The second-order valence-electron chi connectivity index (χ2n) is 20.4. The van der Waals surface area contributed by atoms with Crippen molar-refractivity contribution in [1.82, 2.24) is 4.90 Å². The lowest BCUT2D eigenvalue weighted by atomic mass is 9.78. The first kappa shape index (κ1) is 58.2. The third-order valence-electron chi connectivity index (χ3n) is 15.0. The Balaban J connectivity index is 1.67. The van der Waals surface area contributed by atoms with Gasteiger partial charge in [-0.25, -0.2) is 4.79 Å². The molecule has 2 bridgehead atoms. The molecule has 1 saturated carbocycles. The van der Waals surface area contributed by atoms with Crippen molar-refractivity contribution in [2.75, 3.05) is 40.6 Å². The number of Topliss-reactive ketones (excluding diaryl/α,β-unsaturated/α-hetero) is 3. The molecular weight excluding hydrogens is 887 g/mol. The van der Waals surface area contributed by atoms with E-state index in [9.17, 15) is 39.3 Å². The van der Waals surface area contributed by atoms with Gasteiger partial charge in [0.05, 0.1) is 37.6 Å². The van der Waals surface area contributed by atoms with E-state index in [1.54, 1.807) is 60.0 Å². The molecule has 69 heavy (non-hydrogen) atoms. The molecule has 1 amide bonds. The Morgan fingerprint density at radius 3 is 2.29 bits per heavy atom. The van der Waals surface area contributed by atoms with Gasteiger partial charge in [0.15, 0.2) is 5.78 Å². The number of piperidine rings is 1. The van der Waals surface area contributed by atoms with Crippen LogP contribution in [0.2, 0.25) is 0 Å². The minimum Gasteiger partial charge on any atom is -0.460 e. The number of allylic oxidation sites excluding steroid dienone is 6. The maximum atomic E-state index is 14.5. The number of esters is 1. The molecule has 3 fully saturated rings. The van der Waals surface area contributed by atoms with Crippen LogP contribution >= 0.6 is 0 Å². The fraction of sp³-hybridized carbons (Fsp3) is 0.759. The number of aliphatic hydroxyl groups excluding tert-OH is 2. The fourth-order valence-corrected chi connectivity index (χ4v) is 10.4. The van der Waals surface area contributed by atoms with Gasteiger partial charge in [0.1, 0.15) is 30.1 Å². The number of rotatable bonds is 10. The van der Waals surface area contributed by atoms with Crippen LogP contribution in [0.5, 0.6) is 0 Å². The van der Waals surface area contributed by atoms with Crippen molar-refractivity contribution in [3.05, 3.63) is 47.6 Å². The summed E-state index contributed by atoms with van der Waals surface area (Å²) in [7, 11) is 3.04. The zero-order chi connectivity index (χ0) is 51.0. The number of hydrogen-bond acceptors (Lipinski definition) is 14. The van der Waals surface area contributed by atoms with Crippen molar-refractivity contribution in [1.29, 1.82) is 0 Å². The van der Waals surface area contributed by atoms with Crippen molar-refractivity contribution >= 4 is 29.2 Å². The Bertz CT molecular complexity index is 1830. The van der Waals surface area contributed by atoms with Gasteiger partial charge >= 0.3 is 5.97 Å². The lowest BCUT2D eigenvalue weighted by molar-refractivity contribution is -0.265. The van der Waals surface area contributed by atoms with E-state index in [4.69, 9.17) is 28.4 Å². The number of cyclic esters (lactones) is 1. The zero-order valence-corrected chi connectivity index (χ0v) is 43.1. The van der Waals surface area contributed by atoms with Crippen molar-refractivity contribution in [3.63, 3.8) is 0 Å². The third-order valence-corrected chi connectivity index (χ3v) is 15.0. The quantitative estimate of drug-likeness (QED) is 0.0916. The maximum Gasteiger partial charge on any atom is 0.329 e. The minimum absolute atomic E-state index is 0.00471. The standard InChI is InChI=1S/C54H85NO14/c1-11-66-25-26-67-45-23-21-40(30-47(45)64-9)29-36(5)46-32-44(57)35(4)28-38(7)49(59)50(65-10)48(58)37(6)27-33(2)17-13-12-14-18-34(3)43(56)31-41-22-20-39(8)54(63,69-41)51(60)52(61)55-24-16-15-19-42(55)53(62)68-46/h12-14,17-18,28,33,35-37,39-43,45-47,49-50,56,59,63H,11,15-16,19-27,29-32H2,1-10H3/b14-12+,17-13+,34-18+,38-28+/t33-,35-,36-,37-,39-,40+,41+,42+,43+,45-,46+,47-,49-,50+,54-/m1/s1. The summed E-state index contributed by atoms with van der Waals surface area (Å²) in [6.07, 6.45) is 10.8. The van der Waals surface area contributed by atoms with Crippen molar-refractivity contribution in [3.8, 4) is 0 Å². The van der Waals surface area contributed by atoms with Gasteiger partial charge in [-0.3, -0.25) is 19.2 Å². The highest BCUT2D eigenvalue weighted by molar-refractivity contribution is 6.39. The van der Waals surface area contributed by atoms with E-state index in [2.05, 4.69) is 0 Å². The minimum atomic E-state index is -2.48. The number of fused-ring (bicyclic) bond motifs is 3. The summed E-state index contributed by atoms with van der Waals surface area (Å²) in [6, 6.07) is -1.16. The van der Waals surface area contributed by atoms with Crippen molar-refractivity contribution in [2.45, 2.75) is 187 Å². The van der Waals surface area contributed by atoms with Crippen molar-refractivity contribution < 1.29 is 67.7 Å². The van der Waals surface area contributed by atoms with Gasteiger partial charge in [-0.2, -0.15) is 0 Å². The van der Waals surface area contributed by atoms with E-state index in [0.717, 1.165) is 12.8 Å². The maximum absolute atomic E-state index is 14.5. The molecule has 0 spiro atoms. The van der Waals surface area contributed by atoms with Crippen LogP contribution in [0.3, 0.4) is 0 Å². The lowest BCUT2D eigenvalue weighted by Gasteiger charge is -2.42. The molecule has 0 radical (unpaired) electrons. The van der Waals surface area contributed by atoms with Gasteiger partial charge < -0.3 is 48.6 Å². The van der Waals surface area contributed by atoms with Crippen LogP contribution in [-0.4, -0.2) is 145 Å². The molecule has 3 aliphatic heterocycles. The summed E-state index contributed by atoms with van der Waals surface area (Å²) in [5.41, 5.74) is 1.01. The van der Waals surface area contributed by atoms with E-state index in [0.29, 0.717) is 75.9 Å². The van der Waals surface area contributed by atoms with E-state index in [-0.39, 0.29) is 67.3 Å². The fourth-order valence-electron chi connectivity index (χ4n) is 10.4. The molecule has 0 aromatic rings. The summed E-state index contributed by atoms with van der Waals surface area (Å²) in [5.74, 6) is -8.12. The molecule has 4 aliphatic rings. The van der Waals surface area contributed by atoms with Crippen LogP contribution in [0, 0.1) is 35.5 Å². The number of methoxy groups -OCH3 is 2. The molecule has 3 N–H and O–H groups in total. The largest absolute Gasteiger partial charge is 0.460 e. The Morgan fingerprint density at radius 1 is 0.855 bits per heavy atom.